The van der Waals surface area contributed by atoms with Crippen LogP contribution in [0.25, 0.3) is 5.65 Å². The largest absolute Gasteiger partial charge is 0.272 e. The summed E-state index contributed by atoms with van der Waals surface area (Å²) in [6.45, 7) is 0. The highest BCUT2D eigenvalue weighted by atomic mass is 79.9. The van der Waals surface area contributed by atoms with Gasteiger partial charge < -0.3 is 0 Å². The zero-order chi connectivity index (χ0) is 7.84. The third-order valence-electron chi connectivity index (χ3n) is 1.35. The van der Waals surface area contributed by atoms with E-state index in [1.54, 1.807) is 4.40 Å². The quantitative estimate of drug-likeness (QED) is 0.697. The van der Waals surface area contributed by atoms with Gasteiger partial charge in [-0.2, -0.15) is 0 Å². The predicted molar refractivity (Wildman–Crippen MR) is 45.7 cm³/mol. The van der Waals surface area contributed by atoms with Gasteiger partial charge in [0.15, 0.2) is 5.65 Å². The molecule has 0 atom stereocenters. The van der Waals surface area contributed by atoms with E-state index in [-0.39, 0.29) is 0 Å². The fourth-order valence-electron chi connectivity index (χ4n) is 0.855. The molecule has 0 bridgehead atoms. The van der Waals surface area contributed by atoms with Crippen LogP contribution >= 0.6 is 27.5 Å². The summed E-state index contributed by atoms with van der Waals surface area (Å²) in [5.74, 6) is 0. The molecule has 0 saturated carbocycles. The topological polar surface area (TPSA) is 30.2 Å². The van der Waals surface area contributed by atoms with E-state index in [2.05, 4.69) is 26.1 Å². The highest BCUT2D eigenvalue weighted by molar-refractivity contribution is 9.10. The lowest BCUT2D eigenvalue weighted by atomic mass is 10.5. The van der Waals surface area contributed by atoms with Crippen LogP contribution in [0.5, 0.6) is 0 Å². The molecule has 0 N–H and O–H groups in total. The van der Waals surface area contributed by atoms with Gasteiger partial charge >= 0.3 is 0 Å². The van der Waals surface area contributed by atoms with Crippen LogP contribution in [0.3, 0.4) is 0 Å². The molecular weight excluding hydrogens is 229 g/mol. The van der Waals surface area contributed by atoms with Crippen molar-refractivity contribution in [3.05, 3.63) is 28.1 Å². The fraction of sp³-hybridized carbons (Fsp3) is 0. The first-order chi connectivity index (χ1) is 5.29. The van der Waals surface area contributed by atoms with Gasteiger partial charge in [0.1, 0.15) is 0 Å². The molecule has 0 radical (unpaired) electrons. The number of hydrogen-bond donors (Lipinski definition) is 0. The number of pyridine rings is 1. The Morgan fingerprint density at radius 2 is 2.27 bits per heavy atom. The van der Waals surface area contributed by atoms with E-state index >= 15 is 0 Å². The van der Waals surface area contributed by atoms with Crippen LogP contribution in [0.2, 0.25) is 5.28 Å². The van der Waals surface area contributed by atoms with Crippen molar-refractivity contribution >= 4 is 33.2 Å². The Morgan fingerprint density at radius 3 is 3.00 bits per heavy atom. The number of aromatic nitrogens is 3. The normalized spacial score (nSPS) is 10.7. The van der Waals surface area contributed by atoms with E-state index in [9.17, 15) is 0 Å². The third-order valence-corrected chi connectivity index (χ3v) is 2.22. The maximum Gasteiger partial charge on any atom is 0.229 e. The minimum atomic E-state index is 0.376. The number of nitrogens with zero attached hydrogens (tertiary/aromatic N) is 3. The highest BCUT2D eigenvalue weighted by Gasteiger charge is 2.03. The predicted octanol–water partition coefficient (Wildman–Crippen LogP) is 2.15. The summed E-state index contributed by atoms with van der Waals surface area (Å²) in [7, 11) is 0. The van der Waals surface area contributed by atoms with Crippen molar-refractivity contribution in [3.63, 3.8) is 0 Å². The first kappa shape index (κ1) is 7.06. The van der Waals surface area contributed by atoms with Gasteiger partial charge in [-0.1, -0.05) is 0 Å². The molecule has 0 aliphatic heterocycles. The lowest BCUT2D eigenvalue weighted by Gasteiger charge is -1.92. The summed E-state index contributed by atoms with van der Waals surface area (Å²) in [6, 6.07) is 3.76. The van der Waals surface area contributed by atoms with Crippen molar-refractivity contribution in [2.24, 2.45) is 0 Å². The Balaban J connectivity index is 2.94. The molecule has 2 aromatic heterocycles. The second-order valence-electron chi connectivity index (χ2n) is 2.02. The monoisotopic (exact) mass is 231 g/mol. The summed E-state index contributed by atoms with van der Waals surface area (Å²) in [5, 5.41) is 7.93. The fourth-order valence-corrected chi connectivity index (χ4v) is 1.45. The first-order valence-electron chi connectivity index (χ1n) is 2.94. The molecule has 0 saturated heterocycles. The minimum absolute atomic E-state index is 0.376. The van der Waals surface area contributed by atoms with Crippen molar-refractivity contribution in [3.8, 4) is 0 Å². The highest BCUT2D eigenvalue weighted by Crippen LogP contribution is 2.17. The smallest absolute Gasteiger partial charge is 0.229 e. The maximum atomic E-state index is 5.71. The van der Waals surface area contributed by atoms with Gasteiger partial charge in [-0.3, -0.25) is 4.40 Å². The van der Waals surface area contributed by atoms with E-state index in [4.69, 9.17) is 11.6 Å². The second-order valence-corrected chi connectivity index (χ2v) is 3.21. The van der Waals surface area contributed by atoms with Crippen LogP contribution in [0.4, 0.5) is 0 Å². The van der Waals surface area contributed by atoms with Gasteiger partial charge in [0.2, 0.25) is 5.28 Å². The lowest BCUT2D eigenvalue weighted by Crippen LogP contribution is -1.83. The minimum Gasteiger partial charge on any atom is -0.272 e. The Hall–Kier alpha value is -0.610. The molecule has 0 aromatic carbocycles. The zero-order valence-electron chi connectivity index (χ0n) is 5.33. The third kappa shape index (κ3) is 1.02. The van der Waals surface area contributed by atoms with Crippen molar-refractivity contribution < 1.29 is 0 Å². The molecular formula is C6H3BrClN3. The first-order valence-corrected chi connectivity index (χ1v) is 4.11. The molecule has 3 nitrogen and oxygen atoms in total. The Morgan fingerprint density at radius 1 is 1.45 bits per heavy atom. The number of hydrogen-bond acceptors (Lipinski definition) is 2. The summed E-state index contributed by atoms with van der Waals surface area (Å²) >= 11 is 9.04. The van der Waals surface area contributed by atoms with Crippen LogP contribution in [-0.4, -0.2) is 14.6 Å². The molecule has 5 heteroatoms. The van der Waals surface area contributed by atoms with Gasteiger partial charge in [0.05, 0.1) is 4.47 Å². The molecule has 2 heterocycles. The SMILES string of the molecule is Clc1nnc2c(Br)cccn12. The molecule has 11 heavy (non-hydrogen) atoms. The molecule has 2 aromatic rings. The second kappa shape index (κ2) is 2.46. The number of fused-ring (bicyclic) bond motifs is 1. The number of rotatable bonds is 0. The van der Waals surface area contributed by atoms with Crippen molar-refractivity contribution in [2.75, 3.05) is 0 Å². The van der Waals surface area contributed by atoms with E-state index in [1.165, 1.54) is 0 Å². The molecule has 2 rings (SSSR count). The van der Waals surface area contributed by atoms with E-state index in [0.29, 0.717) is 5.28 Å². The standard InChI is InChI=1S/C6H3BrClN3/c7-4-2-1-3-11-5(4)9-10-6(11)8/h1-3H. The molecule has 0 aliphatic rings. The molecule has 0 spiro atoms. The molecule has 0 amide bonds. The van der Waals surface area contributed by atoms with Crippen LogP contribution in [0.1, 0.15) is 0 Å². The van der Waals surface area contributed by atoms with E-state index in [0.717, 1.165) is 10.1 Å². The van der Waals surface area contributed by atoms with Crippen LogP contribution in [-0.2, 0) is 0 Å². The van der Waals surface area contributed by atoms with Gasteiger partial charge in [-0.05, 0) is 39.7 Å². The van der Waals surface area contributed by atoms with Crippen LogP contribution in [0, 0.1) is 0 Å². The molecule has 0 unspecified atom stereocenters. The summed E-state index contributed by atoms with van der Waals surface area (Å²) in [6.07, 6.45) is 1.81. The summed E-state index contributed by atoms with van der Waals surface area (Å²) < 4.78 is 2.59. The van der Waals surface area contributed by atoms with Gasteiger partial charge in [-0.25, -0.2) is 0 Å². The Labute approximate surface area is 76.1 Å². The number of halogens is 2. The molecule has 56 valence electrons. The Kier molecular flexibility index (Phi) is 1.58. The molecule has 0 aliphatic carbocycles. The van der Waals surface area contributed by atoms with E-state index < -0.39 is 0 Å². The van der Waals surface area contributed by atoms with Gasteiger partial charge in [0, 0.05) is 6.20 Å². The maximum absolute atomic E-state index is 5.71. The Bertz CT molecular complexity index is 398. The average molecular weight is 232 g/mol. The lowest BCUT2D eigenvalue weighted by molar-refractivity contribution is 1.10. The van der Waals surface area contributed by atoms with E-state index in [1.807, 2.05) is 18.3 Å². The van der Waals surface area contributed by atoms with Crippen molar-refractivity contribution in [2.45, 2.75) is 0 Å². The van der Waals surface area contributed by atoms with Gasteiger partial charge in [0.25, 0.3) is 0 Å². The van der Waals surface area contributed by atoms with Crippen LogP contribution < -0.4 is 0 Å². The van der Waals surface area contributed by atoms with Crippen molar-refractivity contribution in [1.82, 2.24) is 14.6 Å². The zero-order valence-corrected chi connectivity index (χ0v) is 7.67. The van der Waals surface area contributed by atoms with Crippen LogP contribution in [0.15, 0.2) is 22.8 Å². The average Bonchev–Trinajstić information content (AvgIpc) is 2.35. The summed E-state index contributed by atoms with van der Waals surface area (Å²) in [5.41, 5.74) is 0.734. The van der Waals surface area contributed by atoms with Gasteiger partial charge in [-0.15, -0.1) is 10.2 Å². The summed E-state index contributed by atoms with van der Waals surface area (Å²) in [4.78, 5) is 0. The molecule has 0 fully saturated rings. The van der Waals surface area contributed by atoms with Crippen molar-refractivity contribution in [1.29, 1.82) is 0 Å².